The number of carboxylic acids is 1. The number of carbonyl (C=O) groups is 2. The lowest BCUT2D eigenvalue weighted by atomic mass is 10.1. The Morgan fingerprint density at radius 1 is 1.24 bits per heavy atom. The molecular weight excluding hydrogens is 326 g/mol. The second kappa shape index (κ2) is 8.20. The fourth-order valence-electron chi connectivity index (χ4n) is 2.29. The number of ether oxygens (including phenoxy) is 3. The first-order valence-electron chi connectivity index (χ1n) is 8.33. The van der Waals surface area contributed by atoms with Crippen molar-refractivity contribution < 1.29 is 28.9 Å². The van der Waals surface area contributed by atoms with Crippen LogP contribution >= 0.6 is 0 Å². The van der Waals surface area contributed by atoms with Gasteiger partial charge in [0.15, 0.2) is 11.5 Å². The van der Waals surface area contributed by atoms with Gasteiger partial charge in [0.1, 0.15) is 6.04 Å². The largest absolute Gasteiger partial charge is 0.490 e. The van der Waals surface area contributed by atoms with Crippen molar-refractivity contribution in [3.05, 3.63) is 23.8 Å². The minimum absolute atomic E-state index is 0.183. The number of nitrogens with one attached hydrogen (secondary N) is 1. The van der Waals surface area contributed by atoms with Gasteiger partial charge in [-0.15, -0.1) is 0 Å². The van der Waals surface area contributed by atoms with E-state index in [0.717, 1.165) is 6.42 Å². The van der Waals surface area contributed by atoms with E-state index in [1.807, 2.05) is 20.8 Å². The van der Waals surface area contributed by atoms with Gasteiger partial charge >= 0.3 is 5.97 Å². The van der Waals surface area contributed by atoms with Crippen LogP contribution in [0.5, 0.6) is 11.5 Å². The molecule has 1 atom stereocenters. The summed E-state index contributed by atoms with van der Waals surface area (Å²) in [6.45, 7) is 6.98. The molecule has 0 saturated heterocycles. The zero-order valence-corrected chi connectivity index (χ0v) is 14.8. The van der Waals surface area contributed by atoms with E-state index in [-0.39, 0.29) is 18.6 Å². The first kappa shape index (κ1) is 19.1. The van der Waals surface area contributed by atoms with Gasteiger partial charge < -0.3 is 24.6 Å². The van der Waals surface area contributed by atoms with Crippen molar-refractivity contribution in [2.45, 2.75) is 45.3 Å². The molecule has 1 aliphatic rings. The summed E-state index contributed by atoms with van der Waals surface area (Å²) in [4.78, 5) is 23.8. The Bertz CT molecular complexity index is 622. The third kappa shape index (κ3) is 5.94. The van der Waals surface area contributed by atoms with E-state index >= 15 is 0 Å². The van der Waals surface area contributed by atoms with Crippen molar-refractivity contribution in [1.29, 1.82) is 0 Å². The molecule has 1 heterocycles. The zero-order valence-electron chi connectivity index (χ0n) is 14.8. The molecule has 0 aliphatic carbocycles. The van der Waals surface area contributed by atoms with Crippen molar-refractivity contribution in [3.8, 4) is 11.5 Å². The van der Waals surface area contributed by atoms with Crippen molar-refractivity contribution >= 4 is 11.9 Å². The predicted molar refractivity (Wildman–Crippen MR) is 91.3 cm³/mol. The standard InChI is InChI=1S/C18H25NO6/c1-18(2,3)25-10-7-13(17(21)22)19-16(20)12-5-6-14-15(11-12)24-9-4-8-23-14/h5-6,11,13H,4,7-10H2,1-3H3,(H,19,20)(H,21,22). The average Bonchev–Trinajstić information content (AvgIpc) is 2.77. The molecule has 0 bridgehead atoms. The van der Waals surface area contributed by atoms with Crippen LogP contribution in [-0.4, -0.2) is 48.4 Å². The van der Waals surface area contributed by atoms with Gasteiger partial charge in [-0.3, -0.25) is 4.79 Å². The Morgan fingerprint density at radius 3 is 2.56 bits per heavy atom. The van der Waals surface area contributed by atoms with Gasteiger partial charge in [-0.1, -0.05) is 0 Å². The highest BCUT2D eigenvalue weighted by atomic mass is 16.5. The molecule has 25 heavy (non-hydrogen) atoms. The molecule has 2 N–H and O–H groups in total. The molecule has 1 amide bonds. The number of hydrogen-bond donors (Lipinski definition) is 2. The van der Waals surface area contributed by atoms with Gasteiger partial charge in [0, 0.05) is 25.0 Å². The maximum absolute atomic E-state index is 12.4. The number of fused-ring (bicyclic) bond motifs is 1. The number of carbonyl (C=O) groups excluding carboxylic acids is 1. The lowest BCUT2D eigenvalue weighted by Gasteiger charge is -2.21. The highest BCUT2D eigenvalue weighted by Crippen LogP contribution is 2.30. The Hall–Kier alpha value is -2.28. The normalized spacial score (nSPS) is 15.2. The number of amides is 1. The summed E-state index contributed by atoms with van der Waals surface area (Å²) in [5, 5.41) is 11.8. The first-order valence-corrected chi connectivity index (χ1v) is 8.33. The lowest BCUT2D eigenvalue weighted by Crippen LogP contribution is -2.42. The number of benzene rings is 1. The van der Waals surface area contributed by atoms with Crippen LogP contribution in [0.2, 0.25) is 0 Å². The third-order valence-electron chi connectivity index (χ3n) is 3.55. The van der Waals surface area contributed by atoms with E-state index in [1.54, 1.807) is 18.2 Å². The minimum Gasteiger partial charge on any atom is -0.490 e. The zero-order chi connectivity index (χ0) is 18.4. The Morgan fingerprint density at radius 2 is 1.92 bits per heavy atom. The van der Waals surface area contributed by atoms with Gasteiger partial charge in [0.05, 0.1) is 18.8 Å². The van der Waals surface area contributed by atoms with E-state index in [9.17, 15) is 14.7 Å². The van der Waals surface area contributed by atoms with E-state index < -0.39 is 17.9 Å². The molecule has 0 fully saturated rings. The summed E-state index contributed by atoms with van der Waals surface area (Å²) in [6.07, 6.45) is 0.952. The van der Waals surface area contributed by atoms with Crippen LogP contribution in [0.3, 0.4) is 0 Å². The van der Waals surface area contributed by atoms with Crippen molar-refractivity contribution in [1.82, 2.24) is 5.32 Å². The highest BCUT2D eigenvalue weighted by molar-refractivity contribution is 5.97. The topological polar surface area (TPSA) is 94.1 Å². The molecular formula is C18H25NO6. The van der Waals surface area contributed by atoms with E-state index in [2.05, 4.69) is 5.32 Å². The molecule has 7 nitrogen and oxygen atoms in total. The lowest BCUT2D eigenvalue weighted by molar-refractivity contribution is -0.140. The monoisotopic (exact) mass is 351 g/mol. The van der Waals surface area contributed by atoms with E-state index in [1.165, 1.54) is 0 Å². The van der Waals surface area contributed by atoms with Gasteiger partial charge in [0.2, 0.25) is 0 Å². The molecule has 0 aromatic heterocycles. The molecule has 7 heteroatoms. The molecule has 138 valence electrons. The van der Waals surface area contributed by atoms with Crippen LogP contribution in [0.25, 0.3) is 0 Å². The number of carboxylic acid groups (broad SMARTS) is 1. The van der Waals surface area contributed by atoms with Crippen molar-refractivity contribution in [2.75, 3.05) is 19.8 Å². The maximum Gasteiger partial charge on any atom is 0.326 e. The smallest absolute Gasteiger partial charge is 0.326 e. The highest BCUT2D eigenvalue weighted by Gasteiger charge is 2.23. The first-order chi connectivity index (χ1) is 11.8. The molecule has 1 unspecified atom stereocenters. The van der Waals surface area contributed by atoms with Crippen LogP contribution < -0.4 is 14.8 Å². The molecule has 0 saturated carbocycles. The molecule has 2 rings (SSSR count). The van der Waals surface area contributed by atoms with Crippen LogP contribution in [0, 0.1) is 0 Å². The second-order valence-electron chi connectivity index (χ2n) is 6.83. The van der Waals surface area contributed by atoms with Crippen LogP contribution in [0.4, 0.5) is 0 Å². The van der Waals surface area contributed by atoms with Gasteiger partial charge in [0.25, 0.3) is 5.91 Å². The molecule has 1 aromatic rings. The fraction of sp³-hybridized carbons (Fsp3) is 0.556. The SMILES string of the molecule is CC(C)(C)OCCC(NC(=O)c1ccc2c(c1)OCCCO2)C(=O)O. The van der Waals surface area contributed by atoms with Crippen LogP contribution in [0.15, 0.2) is 18.2 Å². The predicted octanol–water partition coefficient (Wildman–Crippen LogP) is 2.24. The van der Waals surface area contributed by atoms with Crippen molar-refractivity contribution in [2.24, 2.45) is 0 Å². The third-order valence-corrected chi connectivity index (χ3v) is 3.55. The number of hydrogen-bond acceptors (Lipinski definition) is 5. The summed E-state index contributed by atoms with van der Waals surface area (Å²) in [5.41, 5.74) is -0.0336. The summed E-state index contributed by atoms with van der Waals surface area (Å²) >= 11 is 0. The molecule has 1 aromatic carbocycles. The van der Waals surface area contributed by atoms with E-state index in [4.69, 9.17) is 14.2 Å². The maximum atomic E-state index is 12.4. The van der Waals surface area contributed by atoms with E-state index in [0.29, 0.717) is 30.3 Å². The van der Waals surface area contributed by atoms with Gasteiger partial charge in [-0.2, -0.15) is 0 Å². The number of rotatable bonds is 6. The molecule has 1 aliphatic heterocycles. The molecule has 0 radical (unpaired) electrons. The van der Waals surface area contributed by atoms with Crippen LogP contribution in [0.1, 0.15) is 44.0 Å². The Labute approximate surface area is 147 Å². The van der Waals surface area contributed by atoms with Crippen LogP contribution in [-0.2, 0) is 9.53 Å². The Kier molecular flexibility index (Phi) is 6.25. The number of aliphatic carboxylic acids is 1. The second-order valence-corrected chi connectivity index (χ2v) is 6.83. The Balaban J connectivity index is 2.00. The summed E-state index contributed by atoms with van der Waals surface area (Å²) < 4.78 is 16.6. The fourth-order valence-corrected chi connectivity index (χ4v) is 2.29. The van der Waals surface area contributed by atoms with Gasteiger partial charge in [-0.05, 0) is 39.0 Å². The quantitative estimate of drug-likeness (QED) is 0.816. The summed E-state index contributed by atoms with van der Waals surface area (Å²) in [6, 6.07) is 3.80. The summed E-state index contributed by atoms with van der Waals surface area (Å²) in [5.74, 6) is -0.491. The van der Waals surface area contributed by atoms with Crippen molar-refractivity contribution in [3.63, 3.8) is 0 Å². The summed E-state index contributed by atoms with van der Waals surface area (Å²) in [7, 11) is 0. The average molecular weight is 351 g/mol. The molecule has 0 spiro atoms. The minimum atomic E-state index is -1.10. The van der Waals surface area contributed by atoms with Gasteiger partial charge in [-0.25, -0.2) is 4.79 Å².